The van der Waals surface area contributed by atoms with Crippen molar-refractivity contribution in [1.29, 1.82) is 0 Å². The minimum Gasteiger partial charge on any atom is -0.378 e. The quantitative estimate of drug-likeness (QED) is 0.829. The summed E-state index contributed by atoms with van der Waals surface area (Å²) in [6.07, 6.45) is 3.22. The molecule has 1 aromatic carbocycles. The van der Waals surface area contributed by atoms with Crippen molar-refractivity contribution >= 4 is 0 Å². The van der Waals surface area contributed by atoms with E-state index in [0.717, 1.165) is 31.4 Å². The van der Waals surface area contributed by atoms with E-state index in [1.807, 2.05) is 6.07 Å². The molecule has 1 heterocycles. The topological polar surface area (TPSA) is 35.2 Å². The molecule has 0 aromatic heterocycles. The van der Waals surface area contributed by atoms with Gasteiger partial charge in [0.05, 0.1) is 6.10 Å². The second-order valence-electron chi connectivity index (χ2n) is 4.03. The van der Waals surface area contributed by atoms with E-state index in [9.17, 15) is 4.39 Å². The number of nitrogens with two attached hydrogens (primary N) is 1. The maximum Gasteiger partial charge on any atom is 0.123 e. The van der Waals surface area contributed by atoms with Gasteiger partial charge in [-0.15, -0.1) is 0 Å². The molecule has 3 heteroatoms. The van der Waals surface area contributed by atoms with Gasteiger partial charge in [-0.1, -0.05) is 12.1 Å². The first-order chi connectivity index (χ1) is 7.25. The van der Waals surface area contributed by atoms with Gasteiger partial charge in [0.2, 0.25) is 0 Å². The number of ether oxygens (including phenoxy) is 1. The lowest BCUT2D eigenvalue weighted by Crippen LogP contribution is -2.18. The minimum absolute atomic E-state index is 0.121. The molecule has 0 radical (unpaired) electrons. The standard InChI is InChI=1S/C12H16FNO/c13-10-4-1-3-9(7-10)12(14)8-11-5-2-6-15-11/h1,3-4,7,11-12H,2,5-6,8,14H2. The van der Waals surface area contributed by atoms with Crippen LogP contribution in [0.4, 0.5) is 4.39 Å². The first-order valence-electron chi connectivity index (χ1n) is 5.38. The molecule has 2 N–H and O–H groups in total. The van der Waals surface area contributed by atoms with Gasteiger partial charge in [-0.3, -0.25) is 0 Å². The Labute approximate surface area is 89.2 Å². The molecule has 1 fully saturated rings. The van der Waals surface area contributed by atoms with Gasteiger partial charge in [0.25, 0.3) is 0 Å². The normalized spacial score (nSPS) is 22.9. The van der Waals surface area contributed by atoms with Crippen molar-refractivity contribution in [2.45, 2.75) is 31.4 Å². The smallest absolute Gasteiger partial charge is 0.123 e. The molecule has 1 aromatic rings. The Morgan fingerprint density at radius 1 is 1.53 bits per heavy atom. The zero-order valence-electron chi connectivity index (χ0n) is 8.66. The van der Waals surface area contributed by atoms with Crippen LogP contribution in [0.25, 0.3) is 0 Å². The number of rotatable bonds is 3. The van der Waals surface area contributed by atoms with Crippen LogP contribution in [-0.2, 0) is 4.74 Å². The van der Waals surface area contributed by atoms with Gasteiger partial charge >= 0.3 is 0 Å². The average Bonchev–Trinajstić information content (AvgIpc) is 2.70. The van der Waals surface area contributed by atoms with Crippen LogP contribution in [0.15, 0.2) is 24.3 Å². The number of benzene rings is 1. The molecule has 1 aliphatic rings. The lowest BCUT2D eigenvalue weighted by atomic mass is 10.0. The summed E-state index contributed by atoms with van der Waals surface area (Å²) in [5.74, 6) is -0.227. The molecule has 2 nitrogen and oxygen atoms in total. The van der Waals surface area contributed by atoms with Crippen LogP contribution in [0, 0.1) is 5.82 Å². The van der Waals surface area contributed by atoms with Crippen LogP contribution in [0.5, 0.6) is 0 Å². The number of hydrogen-bond acceptors (Lipinski definition) is 2. The zero-order chi connectivity index (χ0) is 10.7. The van der Waals surface area contributed by atoms with Crippen LogP contribution in [0.1, 0.15) is 30.9 Å². The van der Waals surface area contributed by atoms with Crippen molar-refractivity contribution in [3.05, 3.63) is 35.6 Å². The molecule has 0 spiro atoms. The maximum atomic E-state index is 13.0. The molecule has 82 valence electrons. The third kappa shape index (κ3) is 2.76. The molecule has 2 rings (SSSR count). The Hall–Kier alpha value is -0.930. The molecule has 0 bridgehead atoms. The fraction of sp³-hybridized carbons (Fsp3) is 0.500. The lowest BCUT2D eigenvalue weighted by Gasteiger charge is -2.16. The fourth-order valence-electron chi connectivity index (χ4n) is 1.99. The van der Waals surface area contributed by atoms with E-state index >= 15 is 0 Å². The zero-order valence-corrected chi connectivity index (χ0v) is 8.66. The van der Waals surface area contributed by atoms with Crippen molar-refractivity contribution in [2.75, 3.05) is 6.61 Å². The van der Waals surface area contributed by atoms with E-state index in [1.165, 1.54) is 12.1 Å². The monoisotopic (exact) mass is 209 g/mol. The van der Waals surface area contributed by atoms with Gasteiger partial charge in [0.15, 0.2) is 0 Å². The predicted octanol–water partition coefficient (Wildman–Crippen LogP) is 2.39. The molecular formula is C12H16FNO. The summed E-state index contributed by atoms with van der Waals surface area (Å²) in [4.78, 5) is 0. The molecule has 1 saturated heterocycles. The SMILES string of the molecule is NC(CC1CCCO1)c1cccc(F)c1. The number of halogens is 1. The first kappa shape index (κ1) is 10.6. The van der Waals surface area contributed by atoms with Crippen LogP contribution in [0.2, 0.25) is 0 Å². The highest BCUT2D eigenvalue weighted by molar-refractivity contribution is 5.19. The first-order valence-corrected chi connectivity index (χ1v) is 5.38. The molecule has 0 amide bonds. The molecule has 0 saturated carbocycles. The summed E-state index contributed by atoms with van der Waals surface area (Å²) >= 11 is 0. The summed E-state index contributed by atoms with van der Waals surface area (Å²) in [6, 6.07) is 6.37. The van der Waals surface area contributed by atoms with Gasteiger partial charge in [-0.25, -0.2) is 4.39 Å². The third-order valence-electron chi connectivity index (χ3n) is 2.82. The van der Waals surface area contributed by atoms with Crippen LogP contribution < -0.4 is 5.73 Å². The molecule has 0 aliphatic carbocycles. The summed E-state index contributed by atoms with van der Waals surface area (Å²) in [5, 5.41) is 0. The van der Waals surface area contributed by atoms with Gasteiger partial charge in [0.1, 0.15) is 5.82 Å². The molecule has 15 heavy (non-hydrogen) atoms. The van der Waals surface area contributed by atoms with E-state index < -0.39 is 0 Å². The highest BCUT2D eigenvalue weighted by Crippen LogP contribution is 2.23. The fourth-order valence-corrected chi connectivity index (χ4v) is 1.99. The van der Waals surface area contributed by atoms with Crippen LogP contribution >= 0.6 is 0 Å². The van der Waals surface area contributed by atoms with Crippen molar-refractivity contribution in [3.63, 3.8) is 0 Å². The molecular weight excluding hydrogens is 193 g/mol. The summed E-state index contributed by atoms with van der Waals surface area (Å²) in [5.41, 5.74) is 6.85. The van der Waals surface area contributed by atoms with E-state index in [2.05, 4.69) is 0 Å². The second kappa shape index (κ2) is 4.73. The third-order valence-corrected chi connectivity index (χ3v) is 2.82. The van der Waals surface area contributed by atoms with Crippen LogP contribution in [-0.4, -0.2) is 12.7 Å². The van der Waals surface area contributed by atoms with E-state index in [1.54, 1.807) is 6.07 Å². The lowest BCUT2D eigenvalue weighted by molar-refractivity contribution is 0.0983. The second-order valence-corrected chi connectivity index (χ2v) is 4.03. The van der Waals surface area contributed by atoms with Crippen molar-refractivity contribution in [3.8, 4) is 0 Å². The van der Waals surface area contributed by atoms with E-state index in [-0.39, 0.29) is 18.0 Å². The predicted molar refractivity (Wildman–Crippen MR) is 56.9 cm³/mol. The van der Waals surface area contributed by atoms with Gasteiger partial charge in [0, 0.05) is 12.6 Å². The minimum atomic E-state index is -0.227. The highest BCUT2D eigenvalue weighted by Gasteiger charge is 2.19. The summed E-state index contributed by atoms with van der Waals surface area (Å²) in [6.45, 7) is 0.834. The van der Waals surface area contributed by atoms with Crippen molar-refractivity contribution in [2.24, 2.45) is 5.73 Å². The number of hydrogen-bond donors (Lipinski definition) is 1. The Morgan fingerprint density at radius 2 is 2.40 bits per heavy atom. The van der Waals surface area contributed by atoms with Crippen molar-refractivity contribution < 1.29 is 9.13 Å². The van der Waals surface area contributed by atoms with Crippen molar-refractivity contribution in [1.82, 2.24) is 0 Å². The molecule has 2 atom stereocenters. The van der Waals surface area contributed by atoms with Crippen LogP contribution in [0.3, 0.4) is 0 Å². The largest absolute Gasteiger partial charge is 0.378 e. The van der Waals surface area contributed by atoms with E-state index in [0.29, 0.717) is 0 Å². The van der Waals surface area contributed by atoms with Gasteiger partial charge in [-0.05, 0) is 37.0 Å². The average molecular weight is 209 g/mol. The van der Waals surface area contributed by atoms with Gasteiger partial charge in [-0.2, -0.15) is 0 Å². The van der Waals surface area contributed by atoms with Gasteiger partial charge < -0.3 is 10.5 Å². The summed E-state index contributed by atoms with van der Waals surface area (Å²) in [7, 11) is 0. The molecule has 1 aliphatic heterocycles. The van der Waals surface area contributed by atoms with E-state index in [4.69, 9.17) is 10.5 Å². The Kier molecular flexibility index (Phi) is 3.34. The Morgan fingerprint density at radius 3 is 3.07 bits per heavy atom. The highest BCUT2D eigenvalue weighted by atomic mass is 19.1. The maximum absolute atomic E-state index is 13.0. The Bertz CT molecular complexity index is 323. The molecule has 2 unspecified atom stereocenters. The Balaban J connectivity index is 1.97. The summed E-state index contributed by atoms with van der Waals surface area (Å²) < 4.78 is 18.5.